The van der Waals surface area contributed by atoms with Crippen molar-refractivity contribution in [1.29, 1.82) is 0 Å². The molecule has 0 radical (unpaired) electrons. The summed E-state index contributed by atoms with van der Waals surface area (Å²) >= 11 is 0. The zero-order valence-electron chi connectivity index (χ0n) is 12.3. The molecule has 0 unspecified atom stereocenters. The number of hydrogen-bond acceptors (Lipinski definition) is 5. The fourth-order valence-corrected chi connectivity index (χ4v) is 2.82. The molecule has 0 aliphatic rings. The van der Waals surface area contributed by atoms with Gasteiger partial charge in [0.2, 0.25) is 0 Å². The summed E-state index contributed by atoms with van der Waals surface area (Å²) in [5, 5.41) is 2.34. The van der Waals surface area contributed by atoms with E-state index in [1.807, 2.05) is 6.92 Å². The van der Waals surface area contributed by atoms with Crippen LogP contribution in [0.5, 0.6) is 0 Å². The van der Waals surface area contributed by atoms with Crippen LogP contribution in [0.3, 0.4) is 0 Å². The summed E-state index contributed by atoms with van der Waals surface area (Å²) in [5.74, 6) is -1.51. The van der Waals surface area contributed by atoms with Gasteiger partial charge in [0.05, 0.1) is 17.1 Å². The molecule has 0 bridgehead atoms. The first-order chi connectivity index (χ1) is 9.76. The molecule has 116 valence electrons. The SMILES string of the molecule is CNC(=O)[C@H](C)OC(=O)CCS(=O)(=O)c1ccc(C)cc1. The Hall–Kier alpha value is -1.89. The Balaban J connectivity index is 2.59. The minimum atomic E-state index is -3.54. The van der Waals surface area contributed by atoms with Gasteiger partial charge in [-0.3, -0.25) is 9.59 Å². The van der Waals surface area contributed by atoms with Gasteiger partial charge in [0.25, 0.3) is 5.91 Å². The number of esters is 1. The topological polar surface area (TPSA) is 89.5 Å². The monoisotopic (exact) mass is 313 g/mol. The predicted molar refractivity (Wildman–Crippen MR) is 77.5 cm³/mol. The first-order valence-electron chi connectivity index (χ1n) is 6.47. The van der Waals surface area contributed by atoms with Gasteiger partial charge in [0.1, 0.15) is 0 Å². The Morgan fingerprint density at radius 2 is 1.81 bits per heavy atom. The minimum absolute atomic E-state index is 0.167. The first kappa shape index (κ1) is 17.2. The largest absolute Gasteiger partial charge is 0.453 e. The van der Waals surface area contributed by atoms with E-state index in [4.69, 9.17) is 4.74 Å². The van der Waals surface area contributed by atoms with Gasteiger partial charge >= 0.3 is 5.97 Å². The molecule has 6 nitrogen and oxygen atoms in total. The van der Waals surface area contributed by atoms with E-state index in [0.717, 1.165) is 5.56 Å². The number of aryl methyl sites for hydroxylation is 1. The summed E-state index contributed by atoms with van der Waals surface area (Å²) in [6.07, 6.45) is -1.23. The number of amides is 1. The number of carbonyl (C=O) groups excluding carboxylic acids is 2. The molecule has 0 saturated heterocycles. The lowest BCUT2D eigenvalue weighted by atomic mass is 10.2. The molecular weight excluding hydrogens is 294 g/mol. The lowest BCUT2D eigenvalue weighted by molar-refractivity contribution is -0.154. The first-order valence-corrected chi connectivity index (χ1v) is 8.12. The van der Waals surface area contributed by atoms with E-state index in [0.29, 0.717) is 0 Å². The standard InChI is InChI=1S/C14H19NO5S/c1-10-4-6-12(7-5-10)21(18,19)9-8-13(16)20-11(2)14(17)15-3/h4-7,11H,8-9H2,1-3H3,(H,15,17)/t11-/m0/s1. The van der Waals surface area contributed by atoms with Gasteiger partial charge in [0, 0.05) is 7.05 Å². The molecule has 0 aliphatic carbocycles. The van der Waals surface area contributed by atoms with Crippen LogP contribution < -0.4 is 5.32 Å². The van der Waals surface area contributed by atoms with E-state index < -0.39 is 27.8 Å². The van der Waals surface area contributed by atoms with E-state index in [9.17, 15) is 18.0 Å². The van der Waals surface area contributed by atoms with Crippen molar-refractivity contribution < 1.29 is 22.7 Å². The van der Waals surface area contributed by atoms with Gasteiger partial charge in [-0.25, -0.2) is 8.42 Å². The number of sulfone groups is 1. The highest BCUT2D eigenvalue weighted by molar-refractivity contribution is 7.91. The highest BCUT2D eigenvalue weighted by atomic mass is 32.2. The van der Waals surface area contributed by atoms with Crippen molar-refractivity contribution in [2.75, 3.05) is 12.8 Å². The van der Waals surface area contributed by atoms with Crippen LogP contribution in [0, 0.1) is 6.92 Å². The van der Waals surface area contributed by atoms with Crippen LogP contribution in [-0.4, -0.2) is 39.2 Å². The second-order valence-electron chi connectivity index (χ2n) is 4.63. The minimum Gasteiger partial charge on any atom is -0.453 e. The lowest BCUT2D eigenvalue weighted by Crippen LogP contribution is -2.33. The molecule has 1 aromatic rings. The Morgan fingerprint density at radius 1 is 1.24 bits per heavy atom. The van der Waals surface area contributed by atoms with Crippen LogP contribution in [0.4, 0.5) is 0 Å². The van der Waals surface area contributed by atoms with E-state index in [2.05, 4.69) is 5.32 Å². The Kier molecular flexibility index (Phi) is 5.90. The highest BCUT2D eigenvalue weighted by Crippen LogP contribution is 2.13. The third kappa shape index (κ3) is 5.18. The molecule has 0 fully saturated rings. The van der Waals surface area contributed by atoms with Crippen LogP contribution in [0.15, 0.2) is 29.2 Å². The molecule has 0 aromatic heterocycles. The summed E-state index contributed by atoms with van der Waals surface area (Å²) in [6.45, 7) is 3.28. The van der Waals surface area contributed by atoms with Gasteiger partial charge in [-0.05, 0) is 26.0 Å². The predicted octanol–water partition coefficient (Wildman–Crippen LogP) is 0.837. The van der Waals surface area contributed by atoms with E-state index in [1.54, 1.807) is 12.1 Å². The van der Waals surface area contributed by atoms with Crippen LogP contribution in [0.25, 0.3) is 0 Å². The third-order valence-corrected chi connectivity index (χ3v) is 4.61. The number of rotatable bonds is 6. The summed E-state index contributed by atoms with van der Waals surface area (Å²) in [6, 6.07) is 6.39. The maximum Gasteiger partial charge on any atom is 0.307 e. The summed E-state index contributed by atoms with van der Waals surface area (Å²) in [4.78, 5) is 22.9. The van der Waals surface area contributed by atoms with E-state index in [-0.39, 0.29) is 17.1 Å². The van der Waals surface area contributed by atoms with Crippen molar-refractivity contribution in [3.63, 3.8) is 0 Å². The van der Waals surface area contributed by atoms with E-state index in [1.165, 1.54) is 26.1 Å². The van der Waals surface area contributed by atoms with Crippen LogP contribution in [0.2, 0.25) is 0 Å². The fourth-order valence-electron chi connectivity index (χ4n) is 1.59. The number of likely N-dealkylation sites (N-methyl/N-ethyl adjacent to an activating group) is 1. The summed E-state index contributed by atoms with van der Waals surface area (Å²) < 4.78 is 28.9. The molecule has 0 saturated carbocycles. The molecule has 1 amide bonds. The number of hydrogen-bond donors (Lipinski definition) is 1. The number of nitrogens with one attached hydrogen (secondary N) is 1. The number of ether oxygens (including phenoxy) is 1. The zero-order chi connectivity index (χ0) is 16.0. The average molecular weight is 313 g/mol. The highest BCUT2D eigenvalue weighted by Gasteiger charge is 2.20. The molecule has 0 spiro atoms. The quantitative estimate of drug-likeness (QED) is 0.786. The van der Waals surface area contributed by atoms with Gasteiger partial charge in [-0.1, -0.05) is 17.7 Å². The van der Waals surface area contributed by atoms with Gasteiger partial charge in [-0.2, -0.15) is 0 Å². The van der Waals surface area contributed by atoms with Crippen LogP contribution in [-0.2, 0) is 24.2 Å². The molecule has 1 atom stereocenters. The third-order valence-electron chi connectivity index (χ3n) is 2.88. The molecule has 1 N–H and O–H groups in total. The second kappa shape index (κ2) is 7.21. The fraction of sp³-hybridized carbons (Fsp3) is 0.429. The van der Waals surface area contributed by atoms with Crippen LogP contribution >= 0.6 is 0 Å². The smallest absolute Gasteiger partial charge is 0.307 e. The Bertz CT molecular complexity index is 607. The summed E-state index contributed by atoms with van der Waals surface area (Å²) in [5.41, 5.74) is 0.952. The van der Waals surface area contributed by atoms with E-state index >= 15 is 0 Å². The van der Waals surface area contributed by atoms with Crippen molar-refractivity contribution in [1.82, 2.24) is 5.32 Å². The molecular formula is C14H19NO5S. The van der Waals surface area contributed by atoms with Gasteiger partial charge < -0.3 is 10.1 Å². The second-order valence-corrected chi connectivity index (χ2v) is 6.74. The maximum absolute atomic E-state index is 12.0. The van der Waals surface area contributed by atoms with Crippen molar-refractivity contribution in [2.45, 2.75) is 31.3 Å². The maximum atomic E-state index is 12.0. The average Bonchev–Trinajstić information content (AvgIpc) is 2.44. The molecule has 1 aromatic carbocycles. The number of benzene rings is 1. The molecule has 21 heavy (non-hydrogen) atoms. The van der Waals surface area contributed by atoms with Gasteiger partial charge in [-0.15, -0.1) is 0 Å². The van der Waals surface area contributed by atoms with Gasteiger partial charge in [0.15, 0.2) is 15.9 Å². The van der Waals surface area contributed by atoms with Crippen molar-refractivity contribution in [3.05, 3.63) is 29.8 Å². The molecule has 7 heteroatoms. The van der Waals surface area contributed by atoms with Crippen molar-refractivity contribution >= 4 is 21.7 Å². The number of carbonyl (C=O) groups is 2. The Labute approximate surface area is 124 Å². The Morgan fingerprint density at radius 3 is 2.33 bits per heavy atom. The van der Waals surface area contributed by atoms with Crippen LogP contribution in [0.1, 0.15) is 18.9 Å². The molecule has 1 rings (SSSR count). The lowest BCUT2D eigenvalue weighted by Gasteiger charge is -2.11. The molecule has 0 aliphatic heterocycles. The normalized spacial score (nSPS) is 12.5. The van der Waals surface area contributed by atoms with Crippen molar-refractivity contribution in [3.8, 4) is 0 Å². The summed E-state index contributed by atoms with van der Waals surface area (Å²) in [7, 11) is -2.11. The van der Waals surface area contributed by atoms with Crippen molar-refractivity contribution in [2.24, 2.45) is 0 Å². The zero-order valence-corrected chi connectivity index (χ0v) is 13.1. The molecule has 0 heterocycles.